The molecule has 2 rings (SSSR count). The number of carbonyl (C=O) groups is 1. The van der Waals surface area contributed by atoms with E-state index in [2.05, 4.69) is 10.2 Å². The Morgan fingerprint density at radius 1 is 1.39 bits per heavy atom. The Hall–Kier alpha value is -1.04. The van der Waals surface area contributed by atoms with E-state index in [1.165, 1.54) is 12.1 Å². The van der Waals surface area contributed by atoms with Gasteiger partial charge in [-0.3, -0.25) is 4.79 Å². The van der Waals surface area contributed by atoms with Gasteiger partial charge in [-0.25, -0.2) is 4.39 Å². The highest BCUT2D eigenvalue weighted by Gasteiger charge is 2.25. The van der Waals surface area contributed by atoms with E-state index in [1.54, 1.807) is 6.07 Å². The Bertz CT molecular complexity index is 502. The second kappa shape index (κ2) is 9.96. The third-order valence-corrected chi connectivity index (χ3v) is 4.14. The van der Waals surface area contributed by atoms with Crippen LogP contribution in [0, 0.1) is 11.7 Å². The van der Waals surface area contributed by atoms with E-state index in [0.717, 1.165) is 25.1 Å². The van der Waals surface area contributed by atoms with Gasteiger partial charge in [-0.2, -0.15) is 0 Å². The monoisotopic (exact) mass is 365 g/mol. The van der Waals surface area contributed by atoms with Gasteiger partial charge in [0.05, 0.1) is 0 Å². The molecule has 4 nitrogen and oxygen atoms in total. The number of carbonyl (C=O) groups excluding carboxylic acids is 1. The van der Waals surface area contributed by atoms with Crippen molar-refractivity contribution in [2.45, 2.75) is 38.8 Å². The molecule has 0 saturated carbocycles. The van der Waals surface area contributed by atoms with Crippen LogP contribution >= 0.6 is 24.8 Å². The van der Waals surface area contributed by atoms with Gasteiger partial charge in [-0.15, -0.1) is 24.8 Å². The van der Waals surface area contributed by atoms with Crippen LogP contribution in [0.3, 0.4) is 0 Å². The highest BCUT2D eigenvalue weighted by Crippen LogP contribution is 2.21. The molecule has 3 atom stereocenters. The fourth-order valence-corrected chi connectivity index (χ4v) is 2.57. The minimum atomic E-state index is -0.232. The molecule has 1 aromatic carbocycles. The fraction of sp³-hybridized carbons (Fsp3) is 0.562. The first-order chi connectivity index (χ1) is 9.97. The van der Waals surface area contributed by atoms with Gasteiger partial charge in [0.25, 0.3) is 0 Å². The van der Waals surface area contributed by atoms with Crippen molar-refractivity contribution in [3.63, 3.8) is 0 Å². The summed E-state index contributed by atoms with van der Waals surface area (Å²) >= 11 is 0. The smallest absolute Gasteiger partial charge is 0.224 e. The number of nitrogens with one attached hydrogen (secondary N) is 1. The van der Waals surface area contributed by atoms with Gasteiger partial charge in [0, 0.05) is 36.8 Å². The van der Waals surface area contributed by atoms with E-state index in [9.17, 15) is 9.18 Å². The summed E-state index contributed by atoms with van der Waals surface area (Å²) < 4.78 is 13.3. The molecule has 1 saturated heterocycles. The second-order valence-corrected chi connectivity index (χ2v) is 5.92. The molecule has 1 fully saturated rings. The largest absolute Gasteiger partial charge is 0.369 e. The molecule has 0 aliphatic carbocycles. The first kappa shape index (κ1) is 22.0. The van der Waals surface area contributed by atoms with Crippen molar-refractivity contribution in [3.05, 3.63) is 30.1 Å². The molecule has 1 aromatic rings. The molecule has 1 heterocycles. The maximum absolute atomic E-state index is 13.3. The van der Waals surface area contributed by atoms with Crippen molar-refractivity contribution < 1.29 is 9.18 Å². The van der Waals surface area contributed by atoms with E-state index >= 15 is 0 Å². The van der Waals surface area contributed by atoms with Gasteiger partial charge < -0.3 is 16.0 Å². The molecule has 1 aliphatic rings. The lowest BCUT2D eigenvalue weighted by atomic mass is 10.0. The van der Waals surface area contributed by atoms with Crippen molar-refractivity contribution in [2.24, 2.45) is 11.7 Å². The SMILES string of the molecule is CC(N)C(C)C(=O)NC1CCCN(c2cccc(F)c2)C1.Cl.Cl. The summed E-state index contributed by atoms with van der Waals surface area (Å²) in [6.45, 7) is 5.27. The molecule has 7 heteroatoms. The van der Waals surface area contributed by atoms with Gasteiger partial charge in [-0.1, -0.05) is 13.0 Å². The van der Waals surface area contributed by atoms with E-state index in [0.29, 0.717) is 6.54 Å². The third-order valence-electron chi connectivity index (χ3n) is 4.14. The van der Waals surface area contributed by atoms with Crippen LogP contribution in [-0.4, -0.2) is 31.1 Å². The molecule has 0 aromatic heterocycles. The lowest BCUT2D eigenvalue weighted by Crippen LogP contribution is -2.50. The summed E-state index contributed by atoms with van der Waals surface area (Å²) in [7, 11) is 0. The minimum Gasteiger partial charge on any atom is -0.369 e. The Balaban J connectivity index is 0.00000242. The molecule has 0 spiro atoms. The molecule has 23 heavy (non-hydrogen) atoms. The van der Waals surface area contributed by atoms with E-state index in [4.69, 9.17) is 5.73 Å². The molecule has 0 radical (unpaired) electrons. The number of amides is 1. The highest BCUT2D eigenvalue weighted by atomic mass is 35.5. The van der Waals surface area contributed by atoms with Crippen LogP contribution < -0.4 is 16.0 Å². The van der Waals surface area contributed by atoms with Crippen LogP contribution in [0.4, 0.5) is 10.1 Å². The number of halogens is 3. The number of hydrogen-bond acceptors (Lipinski definition) is 3. The average molecular weight is 366 g/mol. The molecular weight excluding hydrogens is 340 g/mol. The molecule has 3 unspecified atom stereocenters. The lowest BCUT2D eigenvalue weighted by Gasteiger charge is -2.35. The predicted molar refractivity (Wildman–Crippen MR) is 97.1 cm³/mol. The molecule has 0 bridgehead atoms. The summed E-state index contributed by atoms with van der Waals surface area (Å²) in [5.41, 5.74) is 6.63. The van der Waals surface area contributed by atoms with Crippen LogP contribution in [-0.2, 0) is 4.79 Å². The number of nitrogens with zero attached hydrogens (tertiary/aromatic N) is 1. The Morgan fingerprint density at radius 2 is 2.09 bits per heavy atom. The highest BCUT2D eigenvalue weighted by molar-refractivity contribution is 5.85. The Labute approximate surface area is 149 Å². The first-order valence-corrected chi connectivity index (χ1v) is 7.54. The molecule has 1 amide bonds. The third kappa shape index (κ3) is 6.16. The summed E-state index contributed by atoms with van der Waals surface area (Å²) in [4.78, 5) is 14.2. The topological polar surface area (TPSA) is 58.4 Å². The van der Waals surface area contributed by atoms with Crippen LogP contribution in [0.2, 0.25) is 0 Å². The van der Waals surface area contributed by atoms with Crippen LogP contribution in [0.5, 0.6) is 0 Å². The Kier molecular flexibility index (Phi) is 9.51. The molecule has 3 N–H and O–H groups in total. The number of benzene rings is 1. The molecular formula is C16H26Cl2FN3O. The van der Waals surface area contributed by atoms with E-state index in [1.807, 2.05) is 19.9 Å². The van der Waals surface area contributed by atoms with Gasteiger partial charge in [0.2, 0.25) is 5.91 Å². The predicted octanol–water partition coefficient (Wildman–Crippen LogP) is 2.74. The molecule has 1 aliphatic heterocycles. The maximum Gasteiger partial charge on any atom is 0.224 e. The first-order valence-electron chi connectivity index (χ1n) is 7.54. The van der Waals surface area contributed by atoms with Crippen molar-refractivity contribution in [1.29, 1.82) is 0 Å². The number of piperidine rings is 1. The average Bonchev–Trinajstić information content (AvgIpc) is 2.46. The summed E-state index contributed by atoms with van der Waals surface area (Å²) in [5, 5.41) is 3.06. The quantitative estimate of drug-likeness (QED) is 0.862. The lowest BCUT2D eigenvalue weighted by molar-refractivity contribution is -0.125. The summed E-state index contributed by atoms with van der Waals surface area (Å²) in [6, 6.07) is 6.53. The standard InChI is InChI=1S/C16H24FN3O.2ClH/c1-11(12(2)18)16(21)19-14-6-4-8-20(10-14)15-7-3-5-13(17)9-15;;/h3,5,7,9,11-12,14H,4,6,8,10,18H2,1-2H3,(H,19,21);2*1H. The Morgan fingerprint density at radius 3 is 2.70 bits per heavy atom. The van der Waals surface area contributed by atoms with E-state index < -0.39 is 0 Å². The number of nitrogens with two attached hydrogens (primary N) is 1. The second-order valence-electron chi connectivity index (χ2n) is 5.92. The van der Waals surface area contributed by atoms with Gasteiger partial charge >= 0.3 is 0 Å². The zero-order valence-electron chi connectivity index (χ0n) is 13.5. The van der Waals surface area contributed by atoms with E-state index in [-0.39, 0.29) is 54.5 Å². The van der Waals surface area contributed by atoms with Gasteiger partial charge in [0.15, 0.2) is 0 Å². The summed E-state index contributed by atoms with van der Waals surface area (Å²) in [6.07, 6.45) is 1.93. The fourth-order valence-electron chi connectivity index (χ4n) is 2.57. The van der Waals surface area contributed by atoms with Gasteiger partial charge in [0.1, 0.15) is 5.82 Å². The van der Waals surface area contributed by atoms with Crippen LogP contribution in [0.1, 0.15) is 26.7 Å². The minimum absolute atomic E-state index is 0. The van der Waals surface area contributed by atoms with Crippen LogP contribution in [0.15, 0.2) is 24.3 Å². The van der Waals surface area contributed by atoms with Crippen molar-refractivity contribution in [3.8, 4) is 0 Å². The molecule has 132 valence electrons. The maximum atomic E-state index is 13.3. The van der Waals surface area contributed by atoms with Crippen LogP contribution in [0.25, 0.3) is 0 Å². The van der Waals surface area contributed by atoms with Crippen molar-refractivity contribution in [1.82, 2.24) is 5.32 Å². The zero-order valence-corrected chi connectivity index (χ0v) is 15.1. The number of anilines is 1. The summed E-state index contributed by atoms with van der Waals surface area (Å²) in [5.74, 6) is -0.435. The number of hydrogen-bond donors (Lipinski definition) is 2. The van der Waals surface area contributed by atoms with Gasteiger partial charge in [-0.05, 0) is 38.0 Å². The zero-order chi connectivity index (χ0) is 15.4. The number of rotatable bonds is 4. The normalized spacial score (nSPS) is 19.8. The van der Waals surface area contributed by atoms with Crippen molar-refractivity contribution in [2.75, 3.05) is 18.0 Å². The van der Waals surface area contributed by atoms with Crippen molar-refractivity contribution >= 4 is 36.4 Å².